The van der Waals surface area contributed by atoms with Crippen LogP contribution in [0.3, 0.4) is 0 Å². The minimum Gasteiger partial charge on any atom is -0.508 e. The van der Waals surface area contributed by atoms with Crippen LogP contribution in [0.2, 0.25) is 0 Å². The lowest BCUT2D eigenvalue weighted by Gasteiger charge is -2.12. The van der Waals surface area contributed by atoms with Gasteiger partial charge in [-0.05, 0) is 70.6 Å². The van der Waals surface area contributed by atoms with Crippen molar-refractivity contribution in [3.8, 4) is 11.5 Å². The summed E-state index contributed by atoms with van der Waals surface area (Å²) in [6.45, 7) is 8.61. The van der Waals surface area contributed by atoms with E-state index in [1.165, 1.54) is 24.0 Å². The van der Waals surface area contributed by atoms with E-state index < -0.39 is 0 Å². The molecule has 24 heavy (non-hydrogen) atoms. The Morgan fingerprint density at radius 3 is 2.50 bits per heavy atom. The van der Waals surface area contributed by atoms with Gasteiger partial charge in [0, 0.05) is 5.56 Å². The lowest BCUT2D eigenvalue weighted by molar-refractivity contribution is 0.400. The van der Waals surface area contributed by atoms with Crippen LogP contribution in [0.5, 0.6) is 11.5 Å². The van der Waals surface area contributed by atoms with E-state index in [0.29, 0.717) is 12.2 Å². The van der Waals surface area contributed by atoms with Gasteiger partial charge in [-0.25, -0.2) is 0 Å². The van der Waals surface area contributed by atoms with Crippen LogP contribution in [0, 0.1) is 0 Å². The lowest BCUT2D eigenvalue weighted by Crippen LogP contribution is -1.96. The lowest BCUT2D eigenvalue weighted by atomic mass is 10.0. The molecule has 0 aliphatic carbocycles. The number of phenolic OH excluding ortho intramolecular Hbond substituents is 1. The van der Waals surface area contributed by atoms with Crippen LogP contribution in [0.1, 0.15) is 70.9 Å². The van der Waals surface area contributed by atoms with Crippen LogP contribution in [0.15, 0.2) is 35.4 Å². The number of methoxy groups -OCH3 is 1. The summed E-state index contributed by atoms with van der Waals surface area (Å²) in [7, 11) is 1.68. The standard InChI is InChI=1S/C22H34O2/c1-6-7-8-12-19-15-21(23)20(22(16-19)24-5)14-13-18(4)11-9-10-17(2)3/h10,13,15-16,23H,6-9,11-12,14H2,1-5H3/b18-13+. The van der Waals surface area contributed by atoms with Crippen molar-refractivity contribution >= 4 is 0 Å². The predicted molar refractivity (Wildman–Crippen MR) is 104 cm³/mol. The van der Waals surface area contributed by atoms with Gasteiger partial charge in [0.25, 0.3) is 0 Å². The monoisotopic (exact) mass is 330 g/mol. The molecule has 0 amide bonds. The molecule has 0 fully saturated rings. The van der Waals surface area contributed by atoms with E-state index in [1.54, 1.807) is 7.11 Å². The molecule has 0 atom stereocenters. The quantitative estimate of drug-likeness (QED) is 0.399. The van der Waals surface area contributed by atoms with Crippen molar-refractivity contribution in [2.45, 2.75) is 72.6 Å². The first-order valence-corrected chi connectivity index (χ1v) is 9.15. The smallest absolute Gasteiger partial charge is 0.126 e. The molecule has 0 unspecified atom stereocenters. The summed E-state index contributed by atoms with van der Waals surface area (Å²) in [4.78, 5) is 0. The third-order valence-corrected chi connectivity index (χ3v) is 4.28. The third kappa shape index (κ3) is 7.25. The Balaban J connectivity index is 2.78. The first kappa shape index (κ1) is 20.3. The molecule has 0 aliphatic heterocycles. The Morgan fingerprint density at radius 2 is 1.88 bits per heavy atom. The van der Waals surface area contributed by atoms with Crippen LogP contribution in [-0.4, -0.2) is 12.2 Å². The summed E-state index contributed by atoms with van der Waals surface area (Å²) in [5.74, 6) is 1.16. The molecule has 1 aromatic carbocycles. The molecule has 0 bridgehead atoms. The fourth-order valence-electron chi connectivity index (χ4n) is 2.76. The molecule has 0 radical (unpaired) electrons. The number of ether oxygens (including phenoxy) is 1. The fraction of sp³-hybridized carbons (Fsp3) is 0.545. The van der Waals surface area contributed by atoms with E-state index in [-0.39, 0.29) is 0 Å². The van der Waals surface area contributed by atoms with Crippen molar-refractivity contribution in [3.05, 3.63) is 46.6 Å². The number of rotatable bonds is 10. The van der Waals surface area contributed by atoms with Gasteiger partial charge in [0.05, 0.1) is 7.11 Å². The first-order valence-electron chi connectivity index (χ1n) is 9.15. The van der Waals surface area contributed by atoms with Gasteiger partial charge in [-0.1, -0.05) is 43.1 Å². The molecule has 1 rings (SSSR count). The molecule has 2 nitrogen and oxygen atoms in total. The van der Waals surface area contributed by atoms with Crippen molar-refractivity contribution < 1.29 is 9.84 Å². The van der Waals surface area contributed by atoms with Crippen LogP contribution < -0.4 is 4.74 Å². The van der Waals surface area contributed by atoms with Gasteiger partial charge >= 0.3 is 0 Å². The molecule has 0 spiro atoms. The first-order chi connectivity index (χ1) is 11.5. The topological polar surface area (TPSA) is 29.5 Å². The largest absolute Gasteiger partial charge is 0.508 e. The predicted octanol–water partition coefficient (Wildman–Crippen LogP) is 6.37. The number of aryl methyl sites for hydroxylation is 1. The number of hydrogen-bond donors (Lipinski definition) is 1. The molecule has 0 saturated carbocycles. The average Bonchev–Trinajstić information content (AvgIpc) is 2.53. The second-order valence-corrected chi connectivity index (χ2v) is 6.83. The van der Waals surface area contributed by atoms with Gasteiger partial charge in [0.1, 0.15) is 11.5 Å². The second kappa shape index (κ2) is 11.0. The van der Waals surface area contributed by atoms with Gasteiger partial charge in [-0.2, -0.15) is 0 Å². The zero-order valence-corrected chi connectivity index (χ0v) is 16.1. The number of hydrogen-bond acceptors (Lipinski definition) is 2. The van der Waals surface area contributed by atoms with E-state index >= 15 is 0 Å². The van der Waals surface area contributed by atoms with Crippen LogP contribution in [-0.2, 0) is 12.8 Å². The molecule has 0 aliphatic rings. The second-order valence-electron chi connectivity index (χ2n) is 6.83. The van der Waals surface area contributed by atoms with Crippen molar-refractivity contribution in [1.29, 1.82) is 0 Å². The Kier molecular flexibility index (Phi) is 9.29. The van der Waals surface area contributed by atoms with E-state index in [4.69, 9.17) is 4.74 Å². The highest BCUT2D eigenvalue weighted by atomic mass is 16.5. The van der Waals surface area contributed by atoms with Crippen LogP contribution in [0.4, 0.5) is 0 Å². The summed E-state index contributed by atoms with van der Waals surface area (Å²) < 4.78 is 5.52. The Morgan fingerprint density at radius 1 is 1.12 bits per heavy atom. The molecule has 1 N–H and O–H groups in total. The van der Waals surface area contributed by atoms with Crippen molar-refractivity contribution in [2.75, 3.05) is 7.11 Å². The number of benzene rings is 1. The molecule has 0 heterocycles. The average molecular weight is 331 g/mol. The van der Waals surface area contributed by atoms with Crippen molar-refractivity contribution in [2.24, 2.45) is 0 Å². The van der Waals surface area contributed by atoms with Crippen molar-refractivity contribution in [3.63, 3.8) is 0 Å². The molecular formula is C22H34O2. The maximum Gasteiger partial charge on any atom is 0.126 e. The third-order valence-electron chi connectivity index (χ3n) is 4.28. The molecule has 0 saturated heterocycles. The molecule has 134 valence electrons. The van der Waals surface area contributed by atoms with Gasteiger partial charge in [0.15, 0.2) is 0 Å². The maximum absolute atomic E-state index is 10.4. The number of allylic oxidation sites excluding steroid dienone is 4. The van der Waals surface area contributed by atoms with Gasteiger partial charge in [-0.15, -0.1) is 0 Å². The van der Waals surface area contributed by atoms with Gasteiger partial charge < -0.3 is 9.84 Å². The fourth-order valence-corrected chi connectivity index (χ4v) is 2.76. The summed E-state index contributed by atoms with van der Waals surface area (Å²) in [5.41, 5.74) is 4.76. The summed E-state index contributed by atoms with van der Waals surface area (Å²) in [6.07, 6.45) is 11.9. The Bertz CT molecular complexity index is 564. The summed E-state index contributed by atoms with van der Waals surface area (Å²) in [6, 6.07) is 3.98. The number of aromatic hydroxyl groups is 1. The normalized spacial score (nSPS) is 11.5. The Labute approximate surface area is 148 Å². The highest BCUT2D eigenvalue weighted by Crippen LogP contribution is 2.31. The zero-order chi connectivity index (χ0) is 17.9. The highest BCUT2D eigenvalue weighted by Gasteiger charge is 2.10. The van der Waals surface area contributed by atoms with E-state index in [0.717, 1.165) is 42.6 Å². The molecular weight excluding hydrogens is 296 g/mol. The highest BCUT2D eigenvalue weighted by molar-refractivity contribution is 5.48. The molecule has 1 aromatic rings. The van der Waals surface area contributed by atoms with Crippen LogP contribution in [0.25, 0.3) is 0 Å². The van der Waals surface area contributed by atoms with E-state index in [9.17, 15) is 5.11 Å². The molecule has 0 aromatic heterocycles. The van der Waals surface area contributed by atoms with Gasteiger partial charge in [-0.3, -0.25) is 0 Å². The summed E-state index contributed by atoms with van der Waals surface area (Å²) >= 11 is 0. The van der Waals surface area contributed by atoms with Gasteiger partial charge in [0.2, 0.25) is 0 Å². The van der Waals surface area contributed by atoms with E-state index in [2.05, 4.69) is 45.9 Å². The maximum atomic E-state index is 10.4. The minimum atomic E-state index is 0.356. The Hall–Kier alpha value is -1.70. The van der Waals surface area contributed by atoms with E-state index in [1.807, 2.05) is 6.07 Å². The van der Waals surface area contributed by atoms with Crippen LogP contribution >= 0.6 is 0 Å². The number of phenols is 1. The summed E-state index contributed by atoms with van der Waals surface area (Å²) in [5, 5.41) is 10.4. The zero-order valence-electron chi connectivity index (χ0n) is 16.1. The number of unbranched alkanes of at least 4 members (excludes halogenated alkanes) is 2. The SMILES string of the molecule is CCCCCc1cc(O)c(C/C=C(\C)CCC=C(C)C)c(OC)c1. The minimum absolute atomic E-state index is 0.356. The molecule has 2 heteroatoms. The van der Waals surface area contributed by atoms with Crippen molar-refractivity contribution in [1.82, 2.24) is 0 Å².